The lowest BCUT2D eigenvalue weighted by atomic mass is 10.1. The van der Waals surface area contributed by atoms with Crippen LogP contribution in [0.2, 0.25) is 0 Å². The number of nitrogens with one attached hydrogen (secondary N) is 1. The van der Waals surface area contributed by atoms with Crippen LogP contribution >= 0.6 is 11.3 Å². The monoisotopic (exact) mass is 300 g/mol. The zero-order chi connectivity index (χ0) is 14.7. The second-order valence-corrected chi connectivity index (χ2v) is 6.49. The number of aryl methyl sites for hydroxylation is 1. The Bertz CT molecular complexity index is 592. The number of nitrogens with zero attached hydrogens (tertiary/aromatic N) is 1. The fourth-order valence-corrected chi connectivity index (χ4v) is 3.65. The van der Waals surface area contributed by atoms with Crippen molar-refractivity contribution in [3.63, 3.8) is 0 Å². The fraction of sp³-hybridized carbons (Fsp3) is 0.353. The number of carbonyl (C=O) groups excluding carboxylic acids is 1. The minimum atomic E-state index is 0.0477. The molecule has 1 aromatic heterocycles. The van der Waals surface area contributed by atoms with Gasteiger partial charge in [-0.05, 0) is 36.8 Å². The zero-order valence-corrected chi connectivity index (χ0v) is 13.0. The van der Waals surface area contributed by atoms with Gasteiger partial charge in [0, 0.05) is 18.0 Å². The van der Waals surface area contributed by atoms with Gasteiger partial charge in [0.1, 0.15) is 0 Å². The van der Waals surface area contributed by atoms with Gasteiger partial charge in [-0.1, -0.05) is 35.9 Å². The van der Waals surface area contributed by atoms with Crippen LogP contribution in [0.3, 0.4) is 0 Å². The Balaban J connectivity index is 1.61. The molecule has 3 rings (SSSR count). The molecule has 1 aliphatic rings. The third kappa shape index (κ3) is 3.27. The molecule has 1 aromatic carbocycles. The van der Waals surface area contributed by atoms with Crippen LogP contribution in [-0.2, 0) is 6.54 Å². The summed E-state index contributed by atoms with van der Waals surface area (Å²) in [7, 11) is 0. The molecule has 4 heteroatoms. The van der Waals surface area contributed by atoms with Crippen molar-refractivity contribution in [3.05, 3.63) is 57.8 Å². The number of amides is 2. The second-order valence-electron chi connectivity index (χ2n) is 5.51. The number of hydrogen-bond donors (Lipinski definition) is 1. The van der Waals surface area contributed by atoms with E-state index in [1.165, 1.54) is 10.4 Å². The number of hydrogen-bond acceptors (Lipinski definition) is 2. The van der Waals surface area contributed by atoms with Crippen LogP contribution < -0.4 is 5.32 Å². The predicted octanol–water partition coefficient (Wildman–Crippen LogP) is 4.10. The van der Waals surface area contributed by atoms with E-state index in [1.807, 2.05) is 4.90 Å². The Morgan fingerprint density at radius 2 is 2.14 bits per heavy atom. The molecule has 21 heavy (non-hydrogen) atoms. The van der Waals surface area contributed by atoms with E-state index in [2.05, 4.69) is 54.0 Å². The summed E-state index contributed by atoms with van der Waals surface area (Å²) in [6.45, 7) is 3.51. The summed E-state index contributed by atoms with van der Waals surface area (Å²) in [5, 5.41) is 5.12. The highest BCUT2D eigenvalue weighted by atomic mass is 32.1. The van der Waals surface area contributed by atoms with Gasteiger partial charge in [0.05, 0.1) is 6.04 Å². The van der Waals surface area contributed by atoms with Gasteiger partial charge >= 0.3 is 6.03 Å². The van der Waals surface area contributed by atoms with Crippen LogP contribution in [0, 0.1) is 6.92 Å². The van der Waals surface area contributed by atoms with Gasteiger partial charge in [-0.3, -0.25) is 0 Å². The summed E-state index contributed by atoms with van der Waals surface area (Å²) in [5.74, 6) is 0. The van der Waals surface area contributed by atoms with Crippen molar-refractivity contribution >= 4 is 17.4 Å². The van der Waals surface area contributed by atoms with Crippen molar-refractivity contribution in [2.45, 2.75) is 32.4 Å². The maximum absolute atomic E-state index is 12.4. The summed E-state index contributed by atoms with van der Waals surface area (Å²) >= 11 is 1.74. The van der Waals surface area contributed by atoms with Crippen LogP contribution in [0.5, 0.6) is 0 Å². The summed E-state index contributed by atoms with van der Waals surface area (Å²) in [5.41, 5.74) is 2.38. The molecule has 3 nitrogen and oxygen atoms in total. The Labute approximate surface area is 129 Å². The molecule has 1 saturated heterocycles. The predicted molar refractivity (Wildman–Crippen MR) is 86.4 cm³/mol. The van der Waals surface area contributed by atoms with E-state index in [1.54, 1.807) is 11.3 Å². The van der Waals surface area contributed by atoms with E-state index >= 15 is 0 Å². The van der Waals surface area contributed by atoms with Crippen molar-refractivity contribution in [2.24, 2.45) is 0 Å². The Morgan fingerprint density at radius 3 is 2.86 bits per heavy atom. The molecule has 0 bridgehead atoms. The molecule has 2 aromatic rings. The Hall–Kier alpha value is -1.81. The minimum Gasteiger partial charge on any atom is -0.334 e. The largest absolute Gasteiger partial charge is 0.334 e. The van der Waals surface area contributed by atoms with Gasteiger partial charge in [-0.15, -0.1) is 11.3 Å². The Morgan fingerprint density at radius 1 is 1.33 bits per heavy atom. The average Bonchev–Trinajstić information content (AvgIpc) is 3.16. The molecule has 2 heterocycles. The van der Waals surface area contributed by atoms with E-state index in [-0.39, 0.29) is 12.1 Å². The average molecular weight is 300 g/mol. The van der Waals surface area contributed by atoms with Crippen LogP contribution in [-0.4, -0.2) is 17.5 Å². The third-order valence-corrected chi connectivity index (χ3v) is 4.92. The molecular weight excluding hydrogens is 280 g/mol. The second kappa shape index (κ2) is 6.31. The SMILES string of the molecule is Cc1ccc(CNC(=O)N2CCCC2c2cccs2)cc1. The summed E-state index contributed by atoms with van der Waals surface area (Å²) in [4.78, 5) is 15.7. The first kappa shape index (κ1) is 14.1. The molecule has 1 aliphatic heterocycles. The lowest BCUT2D eigenvalue weighted by molar-refractivity contribution is 0.193. The highest BCUT2D eigenvalue weighted by Crippen LogP contribution is 2.34. The summed E-state index contributed by atoms with van der Waals surface area (Å²) < 4.78 is 0. The molecule has 110 valence electrons. The van der Waals surface area contributed by atoms with Crippen molar-refractivity contribution < 1.29 is 4.79 Å². The highest BCUT2D eigenvalue weighted by molar-refractivity contribution is 7.10. The van der Waals surface area contributed by atoms with Crippen molar-refractivity contribution in [1.29, 1.82) is 0 Å². The lowest BCUT2D eigenvalue weighted by Gasteiger charge is -2.24. The number of benzene rings is 1. The zero-order valence-electron chi connectivity index (χ0n) is 12.2. The molecule has 1 N–H and O–H groups in total. The van der Waals surface area contributed by atoms with Gasteiger partial charge in [0.2, 0.25) is 0 Å². The summed E-state index contributed by atoms with van der Waals surface area (Å²) in [6, 6.07) is 12.8. The van der Waals surface area contributed by atoms with E-state index in [4.69, 9.17) is 0 Å². The molecule has 0 spiro atoms. The number of rotatable bonds is 3. The molecule has 0 radical (unpaired) electrons. The molecular formula is C17H20N2OS. The first-order valence-electron chi connectivity index (χ1n) is 7.37. The van der Waals surface area contributed by atoms with Crippen LogP contribution in [0.1, 0.15) is 34.9 Å². The third-order valence-electron chi connectivity index (χ3n) is 3.95. The number of urea groups is 1. The van der Waals surface area contributed by atoms with Gasteiger partial charge in [-0.25, -0.2) is 4.79 Å². The van der Waals surface area contributed by atoms with Gasteiger partial charge in [0.25, 0.3) is 0 Å². The maximum Gasteiger partial charge on any atom is 0.318 e. The smallest absolute Gasteiger partial charge is 0.318 e. The van der Waals surface area contributed by atoms with Gasteiger partial charge in [0.15, 0.2) is 0 Å². The minimum absolute atomic E-state index is 0.0477. The quantitative estimate of drug-likeness (QED) is 0.909. The molecule has 1 atom stereocenters. The van der Waals surface area contributed by atoms with E-state index in [9.17, 15) is 4.79 Å². The first-order chi connectivity index (χ1) is 10.2. The van der Waals surface area contributed by atoms with Crippen molar-refractivity contribution in [3.8, 4) is 0 Å². The van der Waals surface area contributed by atoms with Gasteiger partial charge in [-0.2, -0.15) is 0 Å². The summed E-state index contributed by atoms with van der Waals surface area (Å²) in [6.07, 6.45) is 2.15. The van der Waals surface area contributed by atoms with Gasteiger partial charge < -0.3 is 10.2 Å². The molecule has 2 amide bonds. The molecule has 0 aliphatic carbocycles. The lowest BCUT2D eigenvalue weighted by Crippen LogP contribution is -2.38. The van der Waals surface area contributed by atoms with E-state index in [0.29, 0.717) is 6.54 Å². The number of likely N-dealkylation sites (tertiary alicyclic amines) is 1. The van der Waals surface area contributed by atoms with Crippen molar-refractivity contribution in [2.75, 3.05) is 6.54 Å². The molecule has 0 saturated carbocycles. The fourth-order valence-electron chi connectivity index (χ4n) is 2.77. The first-order valence-corrected chi connectivity index (χ1v) is 8.25. The van der Waals surface area contributed by atoms with Crippen molar-refractivity contribution in [1.82, 2.24) is 10.2 Å². The maximum atomic E-state index is 12.4. The van der Waals surface area contributed by atoms with E-state index < -0.39 is 0 Å². The van der Waals surface area contributed by atoms with Crippen LogP contribution in [0.15, 0.2) is 41.8 Å². The molecule has 1 unspecified atom stereocenters. The number of carbonyl (C=O) groups is 1. The topological polar surface area (TPSA) is 32.3 Å². The van der Waals surface area contributed by atoms with E-state index in [0.717, 1.165) is 24.9 Å². The molecule has 1 fully saturated rings. The highest BCUT2D eigenvalue weighted by Gasteiger charge is 2.30. The standard InChI is InChI=1S/C17H20N2OS/c1-13-6-8-14(9-7-13)12-18-17(20)19-10-2-4-15(19)16-5-3-11-21-16/h3,5-9,11,15H,2,4,10,12H2,1H3,(H,18,20). The van der Waals surface area contributed by atoms with Crippen LogP contribution in [0.4, 0.5) is 4.79 Å². The number of thiophene rings is 1. The van der Waals surface area contributed by atoms with Crippen LogP contribution in [0.25, 0.3) is 0 Å². The normalized spacial score (nSPS) is 18.0. The Kier molecular flexibility index (Phi) is 4.25.